The lowest BCUT2D eigenvalue weighted by molar-refractivity contribution is -0.145. The Balaban J connectivity index is 1.04. The minimum Gasteiger partial charge on any atom is -0.509 e. The van der Waals surface area contributed by atoms with E-state index in [9.17, 15) is 24.3 Å². The Hall–Kier alpha value is -4.30. The number of anilines is 1. The third-order valence-corrected chi connectivity index (χ3v) is 10.0. The summed E-state index contributed by atoms with van der Waals surface area (Å²) in [5, 5.41) is 13.0. The first kappa shape index (κ1) is 34.6. The number of likely N-dealkylation sites (tertiary alicyclic amines) is 2. The van der Waals surface area contributed by atoms with Crippen molar-refractivity contribution in [2.45, 2.75) is 63.6 Å². The molecule has 3 fully saturated rings. The maximum atomic E-state index is 13.9. The number of esters is 1. The van der Waals surface area contributed by atoms with E-state index in [1.807, 2.05) is 29.2 Å². The average Bonchev–Trinajstić information content (AvgIpc) is 3.49. The van der Waals surface area contributed by atoms with Gasteiger partial charge in [0.2, 0.25) is 0 Å². The number of aromatic hydroxyl groups is 1. The molecule has 2 radical (unpaired) electrons. The van der Waals surface area contributed by atoms with Crippen LogP contribution >= 0.6 is 0 Å². The van der Waals surface area contributed by atoms with E-state index in [0.29, 0.717) is 70.7 Å². The number of piperidine rings is 1. The van der Waals surface area contributed by atoms with Crippen LogP contribution in [0.5, 0.6) is 5.75 Å². The fourth-order valence-electron chi connectivity index (χ4n) is 7.19. The SMILES string of the molecule is [B]c1cc(C[C@@H](OC(=O)N2CCC(N3CCc4ccccc4NC3=O)CC2)C(=O)N2CCC(N3CN(CCC(=O)OCC)C3)C2)ccc1O. The van der Waals surface area contributed by atoms with E-state index in [0.717, 1.165) is 37.4 Å². The summed E-state index contributed by atoms with van der Waals surface area (Å²) in [5.41, 5.74) is 2.80. The maximum absolute atomic E-state index is 13.9. The van der Waals surface area contributed by atoms with Gasteiger partial charge in [-0.3, -0.25) is 19.4 Å². The molecule has 4 aliphatic heterocycles. The number of para-hydroxylation sites is 1. The van der Waals surface area contributed by atoms with Crippen LogP contribution in [0.4, 0.5) is 15.3 Å². The molecule has 2 atom stereocenters. The van der Waals surface area contributed by atoms with Crippen LogP contribution in [0.2, 0.25) is 0 Å². The number of amides is 4. The van der Waals surface area contributed by atoms with E-state index in [-0.39, 0.29) is 47.6 Å². The second kappa shape index (κ2) is 15.5. The summed E-state index contributed by atoms with van der Waals surface area (Å²) in [7, 11) is 5.94. The van der Waals surface area contributed by atoms with Crippen molar-refractivity contribution < 1.29 is 33.8 Å². The summed E-state index contributed by atoms with van der Waals surface area (Å²) in [5.74, 6) is -0.519. The van der Waals surface area contributed by atoms with Gasteiger partial charge in [-0.15, -0.1) is 0 Å². The lowest BCUT2D eigenvalue weighted by Gasteiger charge is -2.45. The number of rotatable bonds is 10. The van der Waals surface area contributed by atoms with Crippen molar-refractivity contribution in [1.82, 2.24) is 24.5 Å². The van der Waals surface area contributed by atoms with Crippen molar-refractivity contribution in [2.75, 3.05) is 64.5 Å². The third-order valence-electron chi connectivity index (χ3n) is 10.0. The number of phenolic OH excluding ortho intramolecular Hbond substituents is 1. The number of nitrogens with zero attached hydrogens (tertiary/aromatic N) is 5. The number of nitrogens with one attached hydrogen (secondary N) is 1. The number of carbonyl (C=O) groups is 4. The molecular formula is C35H45BN6O7. The lowest BCUT2D eigenvalue weighted by Crippen LogP contribution is -2.60. The Morgan fingerprint density at radius 2 is 1.73 bits per heavy atom. The summed E-state index contributed by atoms with van der Waals surface area (Å²) < 4.78 is 11.0. The van der Waals surface area contributed by atoms with E-state index >= 15 is 0 Å². The number of fused-ring (bicyclic) bond motifs is 1. The molecule has 0 aromatic heterocycles. The van der Waals surface area contributed by atoms with Crippen molar-refractivity contribution >= 4 is 43.0 Å². The summed E-state index contributed by atoms with van der Waals surface area (Å²) in [6.45, 7) is 6.72. The normalized spacial score (nSPS) is 21.0. The lowest BCUT2D eigenvalue weighted by atomic mass is 9.91. The van der Waals surface area contributed by atoms with Crippen molar-refractivity contribution in [1.29, 1.82) is 0 Å². The Bertz CT molecular complexity index is 1530. The Morgan fingerprint density at radius 3 is 2.49 bits per heavy atom. The number of hydrogen-bond donors (Lipinski definition) is 2. The molecule has 0 spiro atoms. The Labute approximate surface area is 288 Å². The van der Waals surface area contributed by atoms with Gasteiger partial charge in [0.1, 0.15) is 13.6 Å². The highest BCUT2D eigenvalue weighted by Crippen LogP contribution is 2.26. The second-order valence-electron chi connectivity index (χ2n) is 13.3. The zero-order valence-corrected chi connectivity index (χ0v) is 28.1. The molecule has 2 N–H and O–H groups in total. The predicted octanol–water partition coefficient (Wildman–Crippen LogP) is 1.88. The number of phenols is 1. The van der Waals surface area contributed by atoms with Crippen LogP contribution in [-0.4, -0.2) is 139 Å². The van der Waals surface area contributed by atoms with E-state index in [1.165, 1.54) is 6.07 Å². The van der Waals surface area contributed by atoms with Gasteiger partial charge in [0, 0.05) is 63.5 Å². The van der Waals surface area contributed by atoms with Gasteiger partial charge in [-0.05, 0) is 55.9 Å². The molecule has 49 heavy (non-hydrogen) atoms. The van der Waals surface area contributed by atoms with Crippen molar-refractivity contribution in [3.8, 4) is 5.75 Å². The van der Waals surface area contributed by atoms with Crippen molar-refractivity contribution in [3.05, 3.63) is 53.6 Å². The Morgan fingerprint density at radius 1 is 1.00 bits per heavy atom. The maximum Gasteiger partial charge on any atom is 0.410 e. The first-order valence-corrected chi connectivity index (χ1v) is 17.3. The predicted molar refractivity (Wildman–Crippen MR) is 182 cm³/mol. The largest absolute Gasteiger partial charge is 0.509 e. The standard InChI is InChI=1S/C35H45BN6O7/c1-2-48-32(44)13-14-38-22-41(23-38)27-12-17-40(21-27)33(45)31(20-24-7-8-30(43)28(36)19-24)49-35(47)39-15-10-26(11-16-39)42-18-9-25-5-3-4-6-29(25)37-34(42)46/h3-8,19,26-27,31,43H,2,9-18,20-23H2,1H3,(H,37,46)/t27?,31-/m1/s1. The smallest absolute Gasteiger partial charge is 0.410 e. The van der Waals surface area contributed by atoms with Gasteiger partial charge in [0.25, 0.3) is 5.91 Å². The molecule has 4 aliphatic rings. The van der Waals surface area contributed by atoms with E-state index in [1.54, 1.807) is 28.9 Å². The molecule has 2 aromatic rings. The molecule has 3 saturated heterocycles. The summed E-state index contributed by atoms with van der Waals surface area (Å²) >= 11 is 0. The third kappa shape index (κ3) is 8.30. The summed E-state index contributed by atoms with van der Waals surface area (Å²) in [4.78, 5) is 61.9. The van der Waals surface area contributed by atoms with Gasteiger partial charge < -0.3 is 34.6 Å². The Kier molecular flexibility index (Phi) is 10.9. The monoisotopic (exact) mass is 672 g/mol. The minimum absolute atomic E-state index is 0.0140. The van der Waals surface area contributed by atoms with Gasteiger partial charge in [0.15, 0.2) is 6.10 Å². The van der Waals surface area contributed by atoms with Crippen LogP contribution in [0.15, 0.2) is 42.5 Å². The van der Waals surface area contributed by atoms with Crippen molar-refractivity contribution in [2.24, 2.45) is 0 Å². The van der Waals surface area contributed by atoms with Crippen LogP contribution in [-0.2, 0) is 31.9 Å². The van der Waals surface area contributed by atoms with Crippen LogP contribution in [0.25, 0.3) is 0 Å². The summed E-state index contributed by atoms with van der Waals surface area (Å²) in [6, 6.07) is 12.6. The van der Waals surface area contributed by atoms with Crippen LogP contribution in [0.3, 0.4) is 0 Å². The van der Waals surface area contributed by atoms with E-state index in [2.05, 4.69) is 15.1 Å². The zero-order chi connectivity index (χ0) is 34.5. The highest BCUT2D eigenvalue weighted by atomic mass is 16.6. The van der Waals surface area contributed by atoms with E-state index < -0.39 is 12.2 Å². The number of urea groups is 1. The molecule has 1 unspecified atom stereocenters. The van der Waals surface area contributed by atoms with Crippen LogP contribution in [0.1, 0.15) is 43.7 Å². The van der Waals surface area contributed by atoms with Gasteiger partial charge >= 0.3 is 18.1 Å². The minimum atomic E-state index is -1.07. The molecule has 260 valence electrons. The molecule has 0 saturated carbocycles. The molecule has 6 rings (SSSR count). The van der Waals surface area contributed by atoms with Gasteiger partial charge in [-0.25, -0.2) is 9.59 Å². The number of hydrogen-bond acceptors (Lipinski definition) is 9. The molecule has 0 bridgehead atoms. The molecule has 0 aliphatic carbocycles. The molecule has 4 heterocycles. The molecule has 2 aromatic carbocycles. The zero-order valence-electron chi connectivity index (χ0n) is 28.1. The first-order chi connectivity index (χ1) is 23.7. The van der Waals surface area contributed by atoms with Gasteiger partial charge in [-0.2, -0.15) is 0 Å². The fourth-order valence-corrected chi connectivity index (χ4v) is 7.19. The highest BCUT2D eigenvalue weighted by Gasteiger charge is 2.40. The molecular weight excluding hydrogens is 627 g/mol. The van der Waals surface area contributed by atoms with E-state index in [4.69, 9.17) is 17.3 Å². The molecule has 14 heteroatoms. The first-order valence-electron chi connectivity index (χ1n) is 17.3. The molecule has 4 amide bonds. The topological polar surface area (TPSA) is 135 Å². The quantitative estimate of drug-likeness (QED) is 0.287. The molecule has 13 nitrogen and oxygen atoms in total. The van der Waals surface area contributed by atoms with Crippen LogP contribution in [0, 0.1) is 0 Å². The van der Waals surface area contributed by atoms with Gasteiger partial charge in [-0.1, -0.05) is 35.8 Å². The number of benzene rings is 2. The average molecular weight is 673 g/mol. The number of carbonyl (C=O) groups excluding carboxylic acids is 4. The summed E-state index contributed by atoms with van der Waals surface area (Å²) in [6.07, 6.45) is 1.60. The fraction of sp³-hybridized carbons (Fsp3) is 0.543. The van der Waals surface area contributed by atoms with Crippen molar-refractivity contribution in [3.63, 3.8) is 0 Å². The highest BCUT2D eigenvalue weighted by molar-refractivity contribution is 6.34. The van der Waals surface area contributed by atoms with Crippen LogP contribution < -0.4 is 10.8 Å². The second-order valence-corrected chi connectivity index (χ2v) is 13.3. The van der Waals surface area contributed by atoms with Gasteiger partial charge in [0.05, 0.1) is 26.4 Å². The number of ether oxygens (including phenoxy) is 2.